The lowest BCUT2D eigenvalue weighted by Gasteiger charge is -2.12. The third kappa shape index (κ3) is 4.10. The van der Waals surface area contributed by atoms with E-state index in [-0.39, 0.29) is 11.8 Å². The average molecular weight is 233 g/mol. The number of amides is 1. The van der Waals surface area contributed by atoms with E-state index < -0.39 is 0 Å². The lowest BCUT2D eigenvalue weighted by atomic mass is 10.1. The summed E-state index contributed by atoms with van der Waals surface area (Å²) in [6.45, 7) is 9.31. The van der Waals surface area contributed by atoms with Gasteiger partial charge in [0.25, 0.3) is 0 Å². The first-order valence-corrected chi connectivity index (χ1v) is 6.01. The molecule has 0 bridgehead atoms. The number of benzene rings is 1. The van der Waals surface area contributed by atoms with E-state index in [2.05, 4.69) is 30.5 Å². The normalized spacial score (nSPS) is 10.4. The molecule has 0 unspecified atom stereocenters. The van der Waals surface area contributed by atoms with E-state index in [0.717, 1.165) is 12.2 Å². The molecule has 1 aromatic rings. The van der Waals surface area contributed by atoms with Gasteiger partial charge >= 0.3 is 0 Å². The lowest BCUT2D eigenvalue weighted by molar-refractivity contribution is -0.123. The molecule has 0 aromatic heterocycles. The molecular formula is C14H21N2O. The lowest BCUT2D eigenvalue weighted by Crippen LogP contribution is -2.31. The Morgan fingerprint density at radius 1 is 1.29 bits per heavy atom. The highest BCUT2D eigenvalue weighted by molar-refractivity contribution is 5.77. The molecule has 0 aliphatic heterocycles. The molecule has 0 aliphatic carbocycles. The fraction of sp³-hybridized carbons (Fsp3) is 0.500. The summed E-state index contributed by atoms with van der Waals surface area (Å²) >= 11 is 0. The standard InChI is InChI=1S/C14H21N2O/c1-10(2)14(17)16-9-8-15-13-7-5-6-11(3)12(13)4/h6-7,10,15H,8-9H2,1-4H3,(H,16,17). The van der Waals surface area contributed by atoms with Crippen molar-refractivity contribution in [2.75, 3.05) is 18.4 Å². The third-order valence-corrected chi connectivity index (χ3v) is 2.79. The Labute approximate surface area is 104 Å². The van der Waals surface area contributed by atoms with E-state index in [1.807, 2.05) is 26.0 Å². The highest BCUT2D eigenvalue weighted by Gasteiger charge is 2.05. The average Bonchev–Trinajstić information content (AvgIpc) is 2.29. The van der Waals surface area contributed by atoms with Crippen LogP contribution in [0.15, 0.2) is 12.1 Å². The molecule has 0 saturated heterocycles. The molecule has 93 valence electrons. The van der Waals surface area contributed by atoms with Gasteiger partial charge in [-0.1, -0.05) is 19.9 Å². The monoisotopic (exact) mass is 233 g/mol. The zero-order chi connectivity index (χ0) is 12.8. The summed E-state index contributed by atoms with van der Waals surface area (Å²) in [6, 6.07) is 7.00. The van der Waals surface area contributed by atoms with Gasteiger partial charge in [0.1, 0.15) is 0 Å². The molecule has 0 atom stereocenters. The molecule has 1 amide bonds. The van der Waals surface area contributed by atoms with Crippen molar-refractivity contribution in [3.63, 3.8) is 0 Å². The fourth-order valence-corrected chi connectivity index (χ4v) is 1.45. The minimum absolute atomic E-state index is 0.0454. The van der Waals surface area contributed by atoms with Crippen molar-refractivity contribution >= 4 is 11.6 Å². The van der Waals surface area contributed by atoms with Gasteiger partial charge in [0.05, 0.1) is 0 Å². The fourth-order valence-electron chi connectivity index (χ4n) is 1.45. The number of nitrogens with one attached hydrogen (secondary N) is 2. The number of aryl methyl sites for hydroxylation is 1. The smallest absolute Gasteiger partial charge is 0.222 e. The molecule has 0 aliphatic rings. The molecule has 0 heterocycles. The Bertz CT molecular complexity index is 386. The Kier molecular flexibility index (Phi) is 5.01. The largest absolute Gasteiger partial charge is 0.383 e. The van der Waals surface area contributed by atoms with E-state index in [1.165, 1.54) is 11.1 Å². The summed E-state index contributed by atoms with van der Waals surface area (Å²) in [5, 5.41) is 6.18. The summed E-state index contributed by atoms with van der Waals surface area (Å²) in [6.07, 6.45) is 0. The Balaban J connectivity index is 2.36. The van der Waals surface area contributed by atoms with Crippen molar-refractivity contribution in [1.82, 2.24) is 5.32 Å². The maximum absolute atomic E-state index is 11.3. The second kappa shape index (κ2) is 6.28. The molecular weight excluding hydrogens is 212 g/mol. The predicted molar refractivity (Wildman–Crippen MR) is 71.1 cm³/mol. The number of rotatable bonds is 5. The van der Waals surface area contributed by atoms with Gasteiger partial charge in [-0.2, -0.15) is 0 Å². The Hall–Kier alpha value is -1.51. The first kappa shape index (κ1) is 13.6. The second-order valence-corrected chi connectivity index (χ2v) is 4.55. The van der Waals surface area contributed by atoms with Crippen LogP contribution in [-0.2, 0) is 4.79 Å². The molecule has 1 rings (SSSR count). The number of hydrogen-bond acceptors (Lipinski definition) is 2. The second-order valence-electron chi connectivity index (χ2n) is 4.55. The molecule has 3 heteroatoms. The topological polar surface area (TPSA) is 41.1 Å². The SMILES string of the molecule is Cc1c[c]cc(NCCNC(=O)C(C)C)c1C. The zero-order valence-electron chi connectivity index (χ0n) is 11.1. The van der Waals surface area contributed by atoms with E-state index in [9.17, 15) is 4.79 Å². The van der Waals surface area contributed by atoms with Crippen LogP contribution in [-0.4, -0.2) is 19.0 Å². The molecule has 1 aromatic carbocycles. The van der Waals surface area contributed by atoms with Crippen LogP contribution in [0.3, 0.4) is 0 Å². The summed E-state index contributed by atoms with van der Waals surface area (Å²) in [5.41, 5.74) is 3.55. The van der Waals surface area contributed by atoms with E-state index >= 15 is 0 Å². The van der Waals surface area contributed by atoms with Crippen LogP contribution in [0, 0.1) is 25.8 Å². The number of carbonyl (C=O) groups is 1. The number of anilines is 1. The van der Waals surface area contributed by atoms with Gasteiger partial charge in [-0.25, -0.2) is 0 Å². The molecule has 0 saturated carbocycles. The van der Waals surface area contributed by atoms with Crippen LogP contribution in [0.4, 0.5) is 5.69 Å². The van der Waals surface area contributed by atoms with Gasteiger partial charge in [0, 0.05) is 24.7 Å². The Morgan fingerprint density at radius 3 is 2.65 bits per heavy atom. The molecule has 2 N–H and O–H groups in total. The number of carbonyl (C=O) groups excluding carboxylic acids is 1. The van der Waals surface area contributed by atoms with Crippen molar-refractivity contribution < 1.29 is 4.79 Å². The third-order valence-electron chi connectivity index (χ3n) is 2.79. The summed E-state index contributed by atoms with van der Waals surface area (Å²) in [7, 11) is 0. The maximum Gasteiger partial charge on any atom is 0.222 e. The molecule has 1 radical (unpaired) electrons. The quantitative estimate of drug-likeness (QED) is 0.766. The van der Waals surface area contributed by atoms with Crippen LogP contribution in [0.5, 0.6) is 0 Å². The van der Waals surface area contributed by atoms with Gasteiger partial charge in [-0.3, -0.25) is 4.79 Å². The van der Waals surface area contributed by atoms with Gasteiger partial charge in [0.2, 0.25) is 5.91 Å². The van der Waals surface area contributed by atoms with Crippen LogP contribution in [0.25, 0.3) is 0 Å². The van der Waals surface area contributed by atoms with Crippen molar-refractivity contribution in [2.24, 2.45) is 5.92 Å². The number of hydrogen-bond donors (Lipinski definition) is 2. The van der Waals surface area contributed by atoms with Gasteiger partial charge in [-0.15, -0.1) is 0 Å². The highest BCUT2D eigenvalue weighted by atomic mass is 16.1. The van der Waals surface area contributed by atoms with Crippen molar-refractivity contribution in [1.29, 1.82) is 0 Å². The molecule has 0 fully saturated rings. The highest BCUT2D eigenvalue weighted by Crippen LogP contribution is 2.16. The van der Waals surface area contributed by atoms with Crippen LogP contribution >= 0.6 is 0 Å². The molecule has 3 nitrogen and oxygen atoms in total. The zero-order valence-corrected chi connectivity index (χ0v) is 11.1. The van der Waals surface area contributed by atoms with Gasteiger partial charge in [0.15, 0.2) is 0 Å². The maximum atomic E-state index is 11.3. The minimum atomic E-state index is 0.0454. The van der Waals surface area contributed by atoms with E-state index in [0.29, 0.717) is 6.54 Å². The first-order chi connectivity index (χ1) is 8.02. The van der Waals surface area contributed by atoms with Crippen molar-refractivity contribution in [2.45, 2.75) is 27.7 Å². The summed E-state index contributed by atoms with van der Waals surface area (Å²) in [5.74, 6) is 0.142. The first-order valence-electron chi connectivity index (χ1n) is 6.01. The van der Waals surface area contributed by atoms with Gasteiger partial charge < -0.3 is 10.6 Å². The predicted octanol–water partition coefficient (Wildman–Crippen LogP) is 2.29. The van der Waals surface area contributed by atoms with Crippen LogP contribution < -0.4 is 10.6 Å². The summed E-state index contributed by atoms with van der Waals surface area (Å²) in [4.78, 5) is 11.3. The van der Waals surface area contributed by atoms with Gasteiger partial charge in [-0.05, 0) is 37.1 Å². The van der Waals surface area contributed by atoms with Crippen LogP contribution in [0.2, 0.25) is 0 Å². The molecule has 17 heavy (non-hydrogen) atoms. The molecule has 0 spiro atoms. The van der Waals surface area contributed by atoms with Crippen molar-refractivity contribution in [3.05, 3.63) is 29.3 Å². The van der Waals surface area contributed by atoms with Crippen molar-refractivity contribution in [3.8, 4) is 0 Å². The Morgan fingerprint density at radius 2 is 2.00 bits per heavy atom. The minimum Gasteiger partial charge on any atom is -0.383 e. The van der Waals surface area contributed by atoms with E-state index in [1.54, 1.807) is 0 Å². The van der Waals surface area contributed by atoms with Crippen LogP contribution in [0.1, 0.15) is 25.0 Å². The van der Waals surface area contributed by atoms with E-state index in [4.69, 9.17) is 0 Å². The summed E-state index contributed by atoms with van der Waals surface area (Å²) < 4.78 is 0.